The molecule has 2 saturated heterocycles. The molecule has 1 aromatic carbocycles. The van der Waals surface area contributed by atoms with E-state index in [1.165, 1.54) is 12.0 Å². The van der Waals surface area contributed by atoms with E-state index in [1.54, 1.807) is 0 Å². The maximum atomic E-state index is 10.7. The van der Waals surface area contributed by atoms with Gasteiger partial charge in [-0.1, -0.05) is 30.3 Å². The summed E-state index contributed by atoms with van der Waals surface area (Å²) in [6.07, 6.45) is 1.55. The van der Waals surface area contributed by atoms with Crippen LogP contribution in [0.4, 0.5) is 0 Å². The highest BCUT2D eigenvalue weighted by molar-refractivity contribution is 5.67. The zero-order chi connectivity index (χ0) is 13.9. The minimum atomic E-state index is -0.660. The number of likely N-dealkylation sites (tertiary alicyclic amines) is 2. The van der Waals surface area contributed by atoms with Gasteiger partial charge in [0, 0.05) is 38.8 Å². The van der Waals surface area contributed by atoms with Crippen molar-refractivity contribution in [2.45, 2.75) is 25.4 Å². The maximum Gasteiger partial charge on any atom is 0.303 e. The average Bonchev–Trinajstić information content (AvgIpc) is 2.82. The van der Waals surface area contributed by atoms with E-state index in [2.05, 4.69) is 40.1 Å². The van der Waals surface area contributed by atoms with Crippen molar-refractivity contribution in [3.63, 3.8) is 0 Å². The molecule has 108 valence electrons. The molecule has 1 atom stereocenters. The van der Waals surface area contributed by atoms with Crippen LogP contribution >= 0.6 is 0 Å². The number of rotatable bonds is 5. The molecule has 0 aromatic heterocycles. The Bertz CT molecular complexity index is 457. The topological polar surface area (TPSA) is 43.8 Å². The second-order valence-electron chi connectivity index (χ2n) is 6.08. The van der Waals surface area contributed by atoms with Gasteiger partial charge in [-0.3, -0.25) is 14.6 Å². The Labute approximate surface area is 120 Å². The second kappa shape index (κ2) is 5.94. The smallest absolute Gasteiger partial charge is 0.303 e. The molecule has 20 heavy (non-hydrogen) atoms. The van der Waals surface area contributed by atoms with Crippen LogP contribution in [0.1, 0.15) is 18.4 Å². The molecule has 1 aromatic rings. The van der Waals surface area contributed by atoms with Crippen molar-refractivity contribution >= 4 is 5.97 Å². The van der Waals surface area contributed by atoms with E-state index >= 15 is 0 Å². The van der Waals surface area contributed by atoms with E-state index < -0.39 is 5.97 Å². The van der Waals surface area contributed by atoms with Gasteiger partial charge in [-0.25, -0.2) is 0 Å². The highest BCUT2D eigenvalue weighted by Crippen LogP contribution is 2.27. The summed E-state index contributed by atoms with van der Waals surface area (Å²) in [7, 11) is 0. The summed E-state index contributed by atoms with van der Waals surface area (Å²) < 4.78 is 0. The van der Waals surface area contributed by atoms with E-state index in [9.17, 15) is 4.79 Å². The summed E-state index contributed by atoms with van der Waals surface area (Å²) in [6, 6.07) is 11.2. The molecule has 0 saturated carbocycles. The lowest BCUT2D eigenvalue weighted by Crippen LogP contribution is -2.53. The Morgan fingerprint density at radius 3 is 2.65 bits per heavy atom. The maximum absolute atomic E-state index is 10.7. The first-order chi connectivity index (χ1) is 9.70. The number of carbonyl (C=O) groups is 1. The standard InChI is InChI=1S/C16H22N2O2/c19-16(20)8-14-10-18(11-14)15-6-7-17(12-15)9-13-4-2-1-3-5-13/h1-5,14-15H,6-12H2,(H,19,20). The fourth-order valence-electron chi connectivity index (χ4n) is 3.38. The van der Waals surface area contributed by atoms with Crippen molar-refractivity contribution in [1.29, 1.82) is 0 Å². The van der Waals surface area contributed by atoms with Crippen LogP contribution in [0.3, 0.4) is 0 Å². The summed E-state index contributed by atoms with van der Waals surface area (Å²) in [6.45, 7) is 5.24. The Balaban J connectivity index is 1.43. The van der Waals surface area contributed by atoms with Crippen LogP contribution < -0.4 is 0 Å². The van der Waals surface area contributed by atoms with Gasteiger partial charge >= 0.3 is 5.97 Å². The van der Waals surface area contributed by atoms with E-state index in [0.29, 0.717) is 18.4 Å². The fraction of sp³-hybridized carbons (Fsp3) is 0.562. The second-order valence-corrected chi connectivity index (χ2v) is 6.08. The number of hydrogen-bond donors (Lipinski definition) is 1. The first-order valence-corrected chi connectivity index (χ1v) is 7.43. The first-order valence-electron chi connectivity index (χ1n) is 7.43. The van der Waals surface area contributed by atoms with Crippen LogP contribution in [-0.4, -0.2) is 53.1 Å². The Hall–Kier alpha value is -1.39. The Morgan fingerprint density at radius 1 is 1.20 bits per heavy atom. The molecule has 0 amide bonds. The lowest BCUT2D eigenvalue weighted by Gasteiger charge is -2.42. The van der Waals surface area contributed by atoms with Crippen molar-refractivity contribution in [2.75, 3.05) is 26.2 Å². The van der Waals surface area contributed by atoms with E-state index in [-0.39, 0.29) is 0 Å². The minimum Gasteiger partial charge on any atom is -0.481 e. The minimum absolute atomic E-state index is 0.330. The molecule has 1 N–H and O–H groups in total. The summed E-state index contributed by atoms with van der Waals surface area (Å²) in [5, 5.41) is 8.78. The van der Waals surface area contributed by atoms with Crippen molar-refractivity contribution in [1.82, 2.24) is 9.80 Å². The number of aliphatic carboxylic acids is 1. The quantitative estimate of drug-likeness (QED) is 0.887. The largest absolute Gasteiger partial charge is 0.481 e. The number of hydrogen-bond acceptors (Lipinski definition) is 3. The van der Waals surface area contributed by atoms with Crippen molar-refractivity contribution in [3.8, 4) is 0 Å². The van der Waals surface area contributed by atoms with Crippen LogP contribution in [0.5, 0.6) is 0 Å². The zero-order valence-electron chi connectivity index (χ0n) is 11.7. The van der Waals surface area contributed by atoms with Crippen molar-refractivity contribution in [2.24, 2.45) is 5.92 Å². The van der Waals surface area contributed by atoms with Gasteiger partial charge in [0.2, 0.25) is 0 Å². The Morgan fingerprint density at radius 2 is 1.95 bits per heavy atom. The van der Waals surface area contributed by atoms with Crippen molar-refractivity contribution < 1.29 is 9.90 Å². The third-order valence-electron chi connectivity index (χ3n) is 4.46. The predicted molar refractivity (Wildman–Crippen MR) is 77.4 cm³/mol. The lowest BCUT2D eigenvalue weighted by atomic mass is 9.94. The van der Waals surface area contributed by atoms with E-state index in [0.717, 1.165) is 32.7 Å². The Kier molecular flexibility index (Phi) is 4.03. The number of nitrogens with zero attached hydrogens (tertiary/aromatic N) is 2. The monoisotopic (exact) mass is 274 g/mol. The predicted octanol–water partition coefficient (Wildman–Crippen LogP) is 1.67. The third kappa shape index (κ3) is 3.19. The highest BCUT2D eigenvalue weighted by Gasteiger charge is 2.36. The normalized spacial score (nSPS) is 24.7. The summed E-state index contributed by atoms with van der Waals surface area (Å²) in [5.74, 6) is -0.289. The molecule has 1 unspecified atom stereocenters. The molecule has 4 heteroatoms. The van der Waals surface area contributed by atoms with Crippen LogP contribution in [0, 0.1) is 5.92 Å². The fourth-order valence-corrected chi connectivity index (χ4v) is 3.38. The van der Waals surface area contributed by atoms with Crippen LogP contribution in [0.25, 0.3) is 0 Å². The summed E-state index contributed by atoms with van der Waals surface area (Å²) in [4.78, 5) is 15.6. The molecule has 4 nitrogen and oxygen atoms in total. The van der Waals surface area contributed by atoms with Gasteiger partial charge in [-0.15, -0.1) is 0 Å². The number of benzene rings is 1. The van der Waals surface area contributed by atoms with Gasteiger partial charge < -0.3 is 5.11 Å². The molecule has 0 bridgehead atoms. The lowest BCUT2D eigenvalue weighted by molar-refractivity contribution is -0.139. The molecule has 2 aliphatic heterocycles. The van der Waals surface area contributed by atoms with Crippen LogP contribution in [0.15, 0.2) is 30.3 Å². The molecule has 0 spiro atoms. The average molecular weight is 274 g/mol. The van der Waals surface area contributed by atoms with Gasteiger partial charge in [0.05, 0.1) is 6.42 Å². The van der Waals surface area contributed by atoms with E-state index in [1.807, 2.05) is 0 Å². The zero-order valence-corrected chi connectivity index (χ0v) is 11.7. The van der Waals surface area contributed by atoms with Gasteiger partial charge in [0.15, 0.2) is 0 Å². The highest BCUT2D eigenvalue weighted by atomic mass is 16.4. The molecule has 0 radical (unpaired) electrons. The molecule has 2 heterocycles. The van der Waals surface area contributed by atoms with Crippen molar-refractivity contribution in [3.05, 3.63) is 35.9 Å². The molecule has 3 rings (SSSR count). The molecule has 2 aliphatic rings. The SMILES string of the molecule is O=C(O)CC1CN(C2CCN(Cc3ccccc3)C2)C1. The first kappa shape index (κ1) is 13.6. The molecular formula is C16H22N2O2. The van der Waals surface area contributed by atoms with Gasteiger partial charge in [-0.2, -0.15) is 0 Å². The number of carboxylic acid groups (broad SMARTS) is 1. The third-order valence-corrected chi connectivity index (χ3v) is 4.46. The molecule has 0 aliphatic carbocycles. The summed E-state index contributed by atoms with van der Waals surface area (Å²) in [5.41, 5.74) is 1.38. The van der Waals surface area contributed by atoms with Gasteiger partial charge in [0.25, 0.3) is 0 Å². The van der Waals surface area contributed by atoms with Gasteiger partial charge in [0.1, 0.15) is 0 Å². The molecular weight excluding hydrogens is 252 g/mol. The van der Waals surface area contributed by atoms with Gasteiger partial charge in [-0.05, 0) is 17.9 Å². The van der Waals surface area contributed by atoms with Crippen LogP contribution in [-0.2, 0) is 11.3 Å². The number of carboxylic acids is 1. The summed E-state index contributed by atoms with van der Waals surface area (Å²) >= 11 is 0. The van der Waals surface area contributed by atoms with Crippen LogP contribution in [0.2, 0.25) is 0 Å². The van der Waals surface area contributed by atoms with E-state index in [4.69, 9.17) is 5.11 Å². The molecule has 2 fully saturated rings.